The lowest BCUT2D eigenvalue weighted by Gasteiger charge is -2.27. The van der Waals surface area contributed by atoms with Gasteiger partial charge >= 0.3 is 5.97 Å². The van der Waals surface area contributed by atoms with Crippen LogP contribution in [0, 0.1) is 12.8 Å². The Kier molecular flexibility index (Phi) is 9.10. The first-order valence-corrected chi connectivity index (χ1v) is 13.7. The molecule has 0 aliphatic heterocycles. The topological polar surface area (TPSA) is 63.7 Å². The highest BCUT2D eigenvalue weighted by molar-refractivity contribution is 7.89. The number of carbonyl (C=O) groups is 1. The first-order chi connectivity index (χ1) is 15.9. The summed E-state index contributed by atoms with van der Waals surface area (Å²) in [6, 6.07) is 13.4. The molecule has 1 aliphatic rings. The monoisotopic (exact) mass is 471 g/mol. The fourth-order valence-corrected chi connectivity index (χ4v) is 6.29. The zero-order valence-electron chi connectivity index (χ0n) is 20.2. The molecule has 33 heavy (non-hydrogen) atoms. The number of aryl methyl sites for hydroxylation is 1. The second kappa shape index (κ2) is 11.8. The van der Waals surface area contributed by atoms with E-state index in [1.54, 1.807) is 10.4 Å². The van der Waals surface area contributed by atoms with E-state index in [1.165, 1.54) is 39.2 Å². The third-order valence-electron chi connectivity index (χ3n) is 6.65. The summed E-state index contributed by atoms with van der Waals surface area (Å²) in [7, 11) is -1.97. The maximum atomic E-state index is 13.1. The fraction of sp³-hybridized carbons (Fsp3) is 0.519. The Bertz CT molecular complexity index is 1040. The molecule has 0 spiro atoms. The van der Waals surface area contributed by atoms with Gasteiger partial charge < -0.3 is 4.74 Å². The molecule has 0 unspecified atom stereocenters. The van der Waals surface area contributed by atoms with Crippen molar-refractivity contribution >= 4 is 16.0 Å². The molecule has 0 bridgehead atoms. The van der Waals surface area contributed by atoms with Crippen LogP contribution >= 0.6 is 0 Å². The average Bonchev–Trinajstić information content (AvgIpc) is 2.82. The van der Waals surface area contributed by atoms with Crippen LogP contribution in [0.5, 0.6) is 0 Å². The standard InChI is InChI=1S/C27H37NO4S/c1-4-18-33(30,31)28(17-16-22-11-6-5-7-12-22)20-23-14-15-25(27(29)32-3)26(19-23)24-13-9-8-10-21(24)2/h8-10,13-15,19,22H,4-7,11-12,16-18,20H2,1-3H3. The van der Waals surface area contributed by atoms with Gasteiger partial charge in [-0.15, -0.1) is 0 Å². The highest BCUT2D eigenvalue weighted by Gasteiger charge is 2.24. The number of ether oxygens (including phenoxy) is 1. The minimum atomic E-state index is -3.35. The second-order valence-electron chi connectivity index (χ2n) is 9.13. The molecule has 0 aromatic heterocycles. The number of rotatable bonds is 10. The van der Waals surface area contributed by atoms with Crippen LogP contribution in [0.2, 0.25) is 0 Å². The first kappa shape index (κ1) is 25.4. The van der Waals surface area contributed by atoms with E-state index >= 15 is 0 Å². The summed E-state index contributed by atoms with van der Waals surface area (Å²) in [5.74, 6) is 0.373. The lowest BCUT2D eigenvalue weighted by atomic mass is 9.87. The van der Waals surface area contributed by atoms with Crippen LogP contribution in [0.4, 0.5) is 0 Å². The molecular weight excluding hydrogens is 434 g/mol. The Morgan fingerprint density at radius 3 is 2.45 bits per heavy atom. The van der Waals surface area contributed by atoms with Crippen LogP contribution in [-0.2, 0) is 21.3 Å². The summed E-state index contributed by atoms with van der Waals surface area (Å²) in [6.45, 7) is 4.77. The Labute approximate surface area is 199 Å². The van der Waals surface area contributed by atoms with E-state index in [2.05, 4.69) is 0 Å². The van der Waals surface area contributed by atoms with Gasteiger partial charge in [-0.25, -0.2) is 13.2 Å². The SMILES string of the molecule is CCCS(=O)(=O)N(CCC1CCCCC1)Cc1ccc(C(=O)OC)c(-c2ccccc2C)c1. The van der Waals surface area contributed by atoms with Gasteiger partial charge in [-0.05, 0) is 60.1 Å². The van der Waals surface area contributed by atoms with E-state index in [0.717, 1.165) is 28.7 Å². The predicted octanol–water partition coefficient (Wildman–Crippen LogP) is 5.96. The fourth-order valence-electron chi connectivity index (χ4n) is 4.79. The number of benzene rings is 2. The predicted molar refractivity (Wildman–Crippen MR) is 134 cm³/mol. The van der Waals surface area contributed by atoms with E-state index in [0.29, 0.717) is 31.0 Å². The van der Waals surface area contributed by atoms with E-state index < -0.39 is 16.0 Å². The molecule has 0 heterocycles. The average molecular weight is 472 g/mol. The molecule has 2 aromatic carbocycles. The van der Waals surface area contributed by atoms with Crippen molar-refractivity contribution in [1.29, 1.82) is 0 Å². The van der Waals surface area contributed by atoms with Crippen molar-refractivity contribution in [2.75, 3.05) is 19.4 Å². The molecule has 3 rings (SSSR count). The number of esters is 1. The largest absolute Gasteiger partial charge is 0.465 e. The normalized spacial score (nSPS) is 15.0. The molecular formula is C27H37NO4S. The lowest BCUT2D eigenvalue weighted by Crippen LogP contribution is -2.34. The van der Waals surface area contributed by atoms with Crippen LogP contribution in [0.3, 0.4) is 0 Å². The molecule has 1 saturated carbocycles. The van der Waals surface area contributed by atoms with Gasteiger partial charge in [-0.2, -0.15) is 4.31 Å². The molecule has 180 valence electrons. The molecule has 5 nitrogen and oxygen atoms in total. The summed E-state index contributed by atoms with van der Waals surface area (Å²) in [6.07, 6.45) is 7.70. The van der Waals surface area contributed by atoms with Gasteiger partial charge in [0, 0.05) is 13.1 Å². The Hall–Kier alpha value is -2.18. The van der Waals surface area contributed by atoms with Crippen LogP contribution in [-0.4, -0.2) is 38.1 Å². The van der Waals surface area contributed by atoms with Gasteiger partial charge in [-0.3, -0.25) is 0 Å². The number of hydrogen-bond acceptors (Lipinski definition) is 4. The van der Waals surface area contributed by atoms with Crippen LogP contribution in [0.1, 0.15) is 73.4 Å². The third kappa shape index (κ3) is 6.67. The van der Waals surface area contributed by atoms with Gasteiger partial charge in [0.2, 0.25) is 10.0 Å². The van der Waals surface area contributed by atoms with Gasteiger partial charge in [0.25, 0.3) is 0 Å². The Morgan fingerprint density at radius 2 is 1.79 bits per heavy atom. The van der Waals surface area contributed by atoms with Crippen molar-refractivity contribution in [3.63, 3.8) is 0 Å². The maximum Gasteiger partial charge on any atom is 0.338 e. The van der Waals surface area contributed by atoms with Crippen molar-refractivity contribution in [2.45, 2.75) is 65.3 Å². The summed E-state index contributed by atoms with van der Waals surface area (Å²) < 4.78 is 32.8. The molecule has 1 fully saturated rings. The van der Waals surface area contributed by atoms with E-state index in [9.17, 15) is 13.2 Å². The van der Waals surface area contributed by atoms with Crippen LogP contribution in [0.15, 0.2) is 42.5 Å². The Morgan fingerprint density at radius 1 is 1.06 bits per heavy atom. The number of hydrogen-bond donors (Lipinski definition) is 0. The maximum absolute atomic E-state index is 13.1. The minimum absolute atomic E-state index is 0.155. The highest BCUT2D eigenvalue weighted by atomic mass is 32.2. The van der Waals surface area contributed by atoms with Gasteiger partial charge in [0.05, 0.1) is 18.4 Å². The third-order valence-corrected chi connectivity index (χ3v) is 8.67. The number of carbonyl (C=O) groups excluding carboxylic acids is 1. The number of nitrogens with zero attached hydrogens (tertiary/aromatic N) is 1. The van der Waals surface area contributed by atoms with E-state index in [4.69, 9.17) is 4.74 Å². The number of sulfonamides is 1. The van der Waals surface area contributed by atoms with Crippen molar-refractivity contribution in [3.05, 3.63) is 59.2 Å². The molecule has 2 aromatic rings. The highest BCUT2D eigenvalue weighted by Crippen LogP contribution is 2.30. The van der Waals surface area contributed by atoms with Crippen molar-refractivity contribution < 1.29 is 17.9 Å². The van der Waals surface area contributed by atoms with E-state index in [1.807, 2.05) is 50.2 Å². The lowest BCUT2D eigenvalue weighted by molar-refractivity contribution is 0.0601. The zero-order valence-corrected chi connectivity index (χ0v) is 21.0. The smallest absolute Gasteiger partial charge is 0.338 e. The van der Waals surface area contributed by atoms with Crippen LogP contribution < -0.4 is 0 Å². The molecule has 0 amide bonds. The first-order valence-electron chi connectivity index (χ1n) is 12.1. The quantitative estimate of drug-likeness (QED) is 0.401. The molecule has 1 aliphatic carbocycles. The molecule has 0 saturated heterocycles. The van der Waals surface area contributed by atoms with Gasteiger partial charge in [0.15, 0.2) is 0 Å². The second-order valence-corrected chi connectivity index (χ2v) is 11.2. The minimum Gasteiger partial charge on any atom is -0.465 e. The van der Waals surface area contributed by atoms with Crippen molar-refractivity contribution in [1.82, 2.24) is 4.31 Å². The number of methoxy groups -OCH3 is 1. The summed E-state index contributed by atoms with van der Waals surface area (Å²) in [5, 5.41) is 0. The summed E-state index contributed by atoms with van der Waals surface area (Å²) >= 11 is 0. The van der Waals surface area contributed by atoms with Crippen molar-refractivity contribution in [3.8, 4) is 11.1 Å². The molecule has 0 radical (unpaired) electrons. The Balaban J connectivity index is 1.92. The zero-order chi connectivity index (χ0) is 23.8. The summed E-state index contributed by atoms with van der Waals surface area (Å²) in [4.78, 5) is 12.4. The molecule has 6 heteroatoms. The van der Waals surface area contributed by atoms with Gasteiger partial charge in [0.1, 0.15) is 0 Å². The van der Waals surface area contributed by atoms with Gasteiger partial charge in [-0.1, -0.05) is 69.4 Å². The summed E-state index contributed by atoms with van der Waals surface area (Å²) in [5.41, 5.74) is 4.14. The van der Waals surface area contributed by atoms with Crippen molar-refractivity contribution in [2.24, 2.45) is 5.92 Å². The van der Waals surface area contributed by atoms with E-state index in [-0.39, 0.29) is 5.75 Å². The van der Waals surface area contributed by atoms with Crippen LogP contribution in [0.25, 0.3) is 11.1 Å². The molecule has 0 atom stereocenters. The molecule has 0 N–H and O–H groups in total.